The Kier molecular flexibility index (Phi) is 48.7. The van der Waals surface area contributed by atoms with Crippen molar-refractivity contribution in [3.05, 3.63) is 71.8 Å². The maximum Gasteiger partial charge on any atom is 0.325 e. The Labute approximate surface area is 767 Å². The fraction of sp³-hybridized carbons (Fsp3) is 0.628. The van der Waals surface area contributed by atoms with Gasteiger partial charge in [-0.05, 0) is 159 Å². The summed E-state index contributed by atoms with van der Waals surface area (Å²) < 4.78 is 0. The van der Waals surface area contributed by atoms with Crippen LogP contribution in [0.15, 0.2) is 60.7 Å². The molecule has 0 aromatic heterocycles. The second-order valence-corrected chi connectivity index (χ2v) is 34.0. The summed E-state index contributed by atoms with van der Waals surface area (Å²) in [5.74, 6) is -20.0. The number of hydrogen-bond acceptors (Lipinski definition) is 25. The summed E-state index contributed by atoms with van der Waals surface area (Å²) in [6.07, 6.45) is -0.276. The van der Waals surface area contributed by atoms with Crippen molar-refractivity contribution < 1.29 is 101 Å². The molecular formula is C86H139N25O21. The van der Waals surface area contributed by atoms with Crippen LogP contribution < -0.4 is 120 Å². The maximum absolute atomic E-state index is 14.8. The number of carbonyl (C=O) groups excluding carboxylic acids is 18. The average Bonchev–Trinajstić information content (AvgIpc) is 1.61. The van der Waals surface area contributed by atoms with E-state index in [2.05, 4.69) is 79.8 Å². The molecule has 2 aliphatic rings. The second-order valence-electron chi connectivity index (χ2n) is 34.0. The van der Waals surface area contributed by atoms with Crippen LogP contribution in [-0.2, 0) is 104 Å². The minimum Gasteiger partial charge on any atom is -0.480 e. The van der Waals surface area contributed by atoms with E-state index < -0.39 is 253 Å². The first-order valence-electron chi connectivity index (χ1n) is 44.7. The number of carboxylic acids is 1. The number of benzene rings is 2. The van der Waals surface area contributed by atoms with Gasteiger partial charge in [0.05, 0.1) is 38.1 Å². The summed E-state index contributed by atoms with van der Waals surface area (Å²) in [5, 5.41) is 66.1. The number of nitrogens with zero attached hydrogens (tertiary/aromatic N) is 2. The molecule has 132 heavy (non-hydrogen) atoms. The van der Waals surface area contributed by atoms with Gasteiger partial charge in [0.15, 0.2) is 5.96 Å². The first-order chi connectivity index (χ1) is 62.4. The van der Waals surface area contributed by atoms with Gasteiger partial charge in [0, 0.05) is 32.5 Å². The van der Waals surface area contributed by atoms with Crippen LogP contribution in [0.5, 0.6) is 0 Å². The van der Waals surface area contributed by atoms with Crippen LogP contribution >= 0.6 is 0 Å². The van der Waals surface area contributed by atoms with Crippen LogP contribution in [0, 0.1) is 23.2 Å². The lowest BCUT2D eigenvalue weighted by atomic mass is 9.98. The highest BCUT2D eigenvalue weighted by Gasteiger charge is 2.44. The Balaban J connectivity index is 1.48. The third-order valence-electron chi connectivity index (χ3n) is 22.1. The van der Waals surface area contributed by atoms with E-state index in [9.17, 15) is 101 Å². The number of aliphatic hydroxyl groups is 1. The molecule has 2 aliphatic heterocycles. The van der Waals surface area contributed by atoms with Crippen molar-refractivity contribution in [2.45, 2.75) is 274 Å². The van der Waals surface area contributed by atoms with Crippen molar-refractivity contribution in [1.82, 2.24) is 89.6 Å². The Hall–Kier alpha value is -12.6. The topological polar surface area (TPSA) is 758 Å². The molecule has 46 heteroatoms. The van der Waals surface area contributed by atoms with E-state index in [-0.39, 0.29) is 116 Å². The average molecular weight is 1860 g/mol. The van der Waals surface area contributed by atoms with Crippen molar-refractivity contribution in [2.75, 3.05) is 52.4 Å². The molecule has 2 saturated heterocycles. The number of nitrogens with two attached hydrogens (primary N) is 7. The Morgan fingerprint density at radius 2 is 0.780 bits per heavy atom. The van der Waals surface area contributed by atoms with Gasteiger partial charge in [-0.3, -0.25) is 96.5 Å². The number of likely N-dealkylation sites (tertiary alicyclic amines) is 2. The Morgan fingerprint density at radius 3 is 1.25 bits per heavy atom. The van der Waals surface area contributed by atoms with E-state index in [1.54, 1.807) is 102 Å². The molecule has 0 radical (unpaired) electrons. The van der Waals surface area contributed by atoms with E-state index >= 15 is 0 Å². The highest BCUT2D eigenvalue weighted by Crippen LogP contribution is 2.23. The lowest BCUT2D eigenvalue weighted by Crippen LogP contribution is -2.62. The van der Waals surface area contributed by atoms with Crippen molar-refractivity contribution in [3.8, 4) is 0 Å². The number of amides is 18. The number of aliphatic carboxylic acids is 1. The monoisotopic (exact) mass is 1860 g/mol. The number of unbranched alkanes of at least 4 members (excludes halogenated alkanes) is 3. The number of aliphatic hydroxyl groups excluding tert-OH is 1. The van der Waals surface area contributed by atoms with Crippen molar-refractivity contribution >= 4 is 118 Å². The highest BCUT2D eigenvalue weighted by atomic mass is 16.4. The number of guanidine groups is 1. The van der Waals surface area contributed by atoms with Gasteiger partial charge in [-0.25, -0.2) is 0 Å². The van der Waals surface area contributed by atoms with Gasteiger partial charge in [0.2, 0.25) is 106 Å². The molecule has 0 bridgehead atoms. The third-order valence-corrected chi connectivity index (χ3v) is 22.1. The van der Waals surface area contributed by atoms with Crippen molar-refractivity contribution in [3.63, 3.8) is 0 Å². The van der Waals surface area contributed by atoms with E-state index in [1.807, 2.05) is 0 Å². The predicted octanol–water partition coefficient (Wildman–Crippen LogP) is -7.31. The zero-order chi connectivity index (χ0) is 98.6. The van der Waals surface area contributed by atoms with Gasteiger partial charge >= 0.3 is 5.97 Å². The standard InChI is InChI=1S/C86H139N25O21/c1-46(2)67(106-77(123)58(41-52-26-13-10-14-27-52)102-71(117)53(90)28-21-37-95-86(93)94)81(127)105-60(43-64(92)114)78(124)107-68(47(3)4)82(128)108-69(48(5)6)84(130)111-39-23-33-62(111)80(126)109-70(50(8)112)83(129)104-57(40-51-24-11-9-12-25-51)73(119)96-44-65(115)99-55(30-16-19-35-88)74(120)101-56(31-17-20-36-89)75(121)100-54(29-15-18-34-87)72(118)97-45-66(116)110-38-22-32-61(110)79(125)103-59(42-63(91)113)76(122)98-49(7)85(131)132/h9-14,24-27,46-50,53-62,67-70,112H,15-23,28-45,87-90H2,1-8H3,(H2,91,113)(H2,92,114)(H,96,119)(H,97,118)(H,98,122)(H,99,115)(H,100,121)(H,101,120)(H,102,117)(H,103,125)(H,104,129)(H,105,127)(H,106,123)(H,107,124)(H,108,128)(H,109,126)(H,131,132)(H4,93,94,95)/t49-,50+,53-,54-,55-,56-,57-,58-,59-,60-,61-,62-,67-,68-,69-,70-/m0/s1. The Morgan fingerprint density at radius 1 is 0.402 bits per heavy atom. The number of carbonyl (C=O) groups is 19. The van der Waals surface area contributed by atoms with E-state index in [0.717, 1.165) is 11.8 Å². The van der Waals surface area contributed by atoms with Crippen LogP contribution in [0.2, 0.25) is 0 Å². The van der Waals surface area contributed by atoms with Crippen LogP contribution in [0.4, 0.5) is 0 Å². The van der Waals surface area contributed by atoms with Crippen LogP contribution in [0.3, 0.4) is 0 Å². The molecule has 0 saturated carbocycles. The van der Waals surface area contributed by atoms with Crippen LogP contribution in [-0.4, -0.2) is 287 Å². The summed E-state index contributed by atoms with van der Waals surface area (Å²) in [5.41, 5.74) is 41.0. The van der Waals surface area contributed by atoms with E-state index in [0.29, 0.717) is 49.7 Å². The predicted molar refractivity (Wildman–Crippen MR) is 482 cm³/mol. The molecule has 4 rings (SSSR count). The van der Waals surface area contributed by atoms with Crippen LogP contribution in [0.1, 0.15) is 176 Å². The Bertz CT molecular complexity index is 4240. The smallest absolute Gasteiger partial charge is 0.325 e. The number of primary amides is 2. The first kappa shape index (κ1) is 112. The SMILES string of the molecule is CC(C)[C@H](NC(=O)[C@H](Cc1ccccc1)NC(=O)[C@@H](N)CCCNC(=N)N)C(=O)N[C@@H](CC(N)=O)C(=O)N[C@H](C(=O)N[C@H](C(=O)N1CCC[C@H]1C(=O)N[C@H](C(=O)N[C@@H](Cc1ccccc1)C(=O)NCC(=O)N[C@@H](CCCCN)C(=O)N[C@@H](CCCCN)C(=O)N[C@@H](CCCCN)C(=O)NCC(=O)N1CCC[C@H]1C(=O)N[C@@H](CC(N)=O)C(=O)N[C@@H](C)C(=O)O)[C@@H](C)O)C(C)C)C(C)C. The van der Waals surface area contributed by atoms with Crippen LogP contribution in [0.25, 0.3) is 0 Å². The first-order valence-corrected chi connectivity index (χ1v) is 44.7. The third kappa shape index (κ3) is 38.5. The quantitative estimate of drug-likeness (QED) is 0.0166. The molecule has 18 amide bonds. The molecule has 2 heterocycles. The molecule has 0 spiro atoms. The van der Waals surface area contributed by atoms with E-state index in [4.69, 9.17) is 45.5 Å². The number of nitrogens with one attached hydrogen (secondary N) is 16. The fourth-order valence-electron chi connectivity index (χ4n) is 14.6. The van der Waals surface area contributed by atoms with Gasteiger partial charge < -0.3 is 140 Å². The van der Waals surface area contributed by atoms with Gasteiger partial charge in [0.25, 0.3) is 0 Å². The van der Waals surface area contributed by atoms with Crippen molar-refractivity contribution in [2.24, 2.45) is 57.9 Å². The molecule has 2 fully saturated rings. The fourth-order valence-corrected chi connectivity index (χ4v) is 14.6. The minimum atomic E-state index is -1.80. The second kappa shape index (κ2) is 57.6. The largest absolute Gasteiger partial charge is 0.480 e. The highest BCUT2D eigenvalue weighted by molar-refractivity contribution is 6.02. The van der Waals surface area contributed by atoms with Gasteiger partial charge in [-0.1, -0.05) is 102 Å². The van der Waals surface area contributed by atoms with Gasteiger partial charge in [-0.15, -0.1) is 0 Å². The number of carboxylic acid groups (broad SMARTS) is 1. The molecule has 0 unspecified atom stereocenters. The number of rotatable bonds is 59. The van der Waals surface area contributed by atoms with Crippen molar-refractivity contribution in [1.29, 1.82) is 5.41 Å². The molecule has 32 N–H and O–H groups in total. The lowest BCUT2D eigenvalue weighted by Gasteiger charge is -2.33. The van der Waals surface area contributed by atoms with E-state index in [1.165, 1.54) is 11.8 Å². The summed E-state index contributed by atoms with van der Waals surface area (Å²) in [6.45, 7) is 11.2. The van der Waals surface area contributed by atoms with Gasteiger partial charge in [0.1, 0.15) is 84.6 Å². The molecule has 46 nitrogen and oxygen atoms in total. The lowest BCUT2D eigenvalue weighted by molar-refractivity contribution is -0.144. The maximum atomic E-state index is 14.8. The summed E-state index contributed by atoms with van der Waals surface area (Å²) in [4.78, 5) is 264. The summed E-state index contributed by atoms with van der Waals surface area (Å²) in [6, 6.07) is -4.34. The normalized spacial score (nSPS) is 16.7. The molecular weight excluding hydrogens is 1720 g/mol. The summed E-state index contributed by atoms with van der Waals surface area (Å²) in [7, 11) is 0. The molecule has 734 valence electrons. The minimum absolute atomic E-state index is 0.00609. The van der Waals surface area contributed by atoms with Gasteiger partial charge in [-0.2, -0.15) is 0 Å². The molecule has 16 atom stereocenters. The molecule has 2 aromatic rings. The molecule has 2 aromatic carbocycles. The zero-order valence-electron chi connectivity index (χ0n) is 76.4. The number of hydrogen-bond donors (Lipinski definition) is 25. The summed E-state index contributed by atoms with van der Waals surface area (Å²) >= 11 is 0. The molecule has 0 aliphatic carbocycles. The zero-order valence-corrected chi connectivity index (χ0v) is 76.4.